The Morgan fingerprint density at radius 2 is 2.11 bits per heavy atom. The molecule has 1 aromatic carbocycles. The first-order valence-electron chi connectivity index (χ1n) is 8.87. The maximum atomic E-state index is 13.7. The molecule has 3 N–H and O–H groups in total. The Hall–Kier alpha value is -3.22. The first kappa shape index (κ1) is 18.6. The molecule has 2 amide bonds. The zero-order chi connectivity index (χ0) is 19.2. The Morgan fingerprint density at radius 1 is 1.26 bits per heavy atom. The maximum absolute atomic E-state index is 13.7. The number of carbonyl (C=O) groups is 1. The number of urea groups is 1. The van der Waals surface area contributed by atoms with Gasteiger partial charge in [-0.3, -0.25) is 4.98 Å². The van der Waals surface area contributed by atoms with Crippen molar-refractivity contribution in [2.75, 3.05) is 0 Å². The molecule has 2 aromatic heterocycles. The van der Waals surface area contributed by atoms with Crippen molar-refractivity contribution in [3.05, 3.63) is 60.3 Å². The van der Waals surface area contributed by atoms with Gasteiger partial charge in [0.15, 0.2) is 0 Å². The predicted octanol–water partition coefficient (Wildman–Crippen LogP) is 3.88. The Balaban J connectivity index is 1.87. The molecule has 0 aliphatic heterocycles. The number of amides is 2. The molecule has 0 fully saturated rings. The van der Waals surface area contributed by atoms with E-state index < -0.39 is 0 Å². The van der Waals surface area contributed by atoms with Gasteiger partial charge in [-0.1, -0.05) is 25.1 Å². The van der Waals surface area contributed by atoms with E-state index in [0.29, 0.717) is 28.5 Å². The number of halogens is 1. The van der Waals surface area contributed by atoms with Crippen molar-refractivity contribution >= 4 is 6.03 Å². The third-order valence-electron chi connectivity index (χ3n) is 4.18. The number of carbonyl (C=O) groups excluding carboxylic acids is 1. The van der Waals surface area contributed by atoms with Crippen LogP contribution in [0.5, 0.6) is 0 Å². The van der Waals surface area contributed by atoms with Crippen LogP contribution >= 0.6 is 0 Å². The Morgan fingerprint density at radius 3 is 2.81 bits per heavy atom. The summed E-state index contributed by atoms with van der Waals surface area (Å²) in [7, 11) is 0. The highest BCUT2D eigenvalue weighted by atomic mass is 19.1. The smallest absolute Gasteiger partial charge is 0.315 e. The van der Waals surface area contributed by atoms with E-state index in [2.05, 4.69) is 25.6 Å². The molecule has 6 nitrogen and oxygen atoms in total. The number of rotatable bonds is 6. The van der Waals surface area contributed by atoms with Crippen LogP contribution < -0.4 is 10.6 Å². The van der Waals surface area contributed by atoms with E-state index in [9.17, 15) is 9.18 Å². The van der Waals surface area contributed by atoms with E-state index in [1.54, 1.807) is 18.3 Å². The summed E-state index contributed by atoms with van der Waals surface area (Å²) < 4.78 is 13.7. The van der Waals surface area contributed by atoms with Gasteiger partial charge in [0, 0.05) is 17.8 Å². The second-order valence-electron chi connectivity index (χ2n) is 6.27. The zero-order valence-electron chi connectivity index (χ0n) is 15.3. The number of nitrogens with zero attached hydrogens (tertiary/aromatic N) is 2. The van der Waals surface area contributed by atoms with Crippen LogP contribution in [0.15, 0.2) is 48.7 Å². The van der Waals surface area contributed by atoms with Crippen LogP contribution in [-0.4, -0.2) is 27.0 Å². The van der Waals surface area contributed by atoms with Crippen molar-refractivity contribution < 1.29 is 9.18 Å². The average Bonchev–Trinajstić information content (AvgIpc) is 3.11. The van der Waals surface area contributed by atoms with Gasteiger partial charge in [-0.25, -0.2) is 14.2 Å². The lowest BCUT2D eigenvalue weighted by molar-refractivity contribution is 0.237. The van der Waals surface area contributed by atoms with Gasteiger partial charge < -0.3 is 15.6 Å². The lowest BCUT2D eigenvalue weighted by Gasteiger charge is -2.11. The number of benzene rings is 1. The van der Waals surface area contributed by atoms with E-state index >= 15 is 0 Å². The standard InChI is InChI=1S/C20H22FN5O/c1-3-13(2)24-20(27)23-12-17-25-18(14-7-6-8-15(21)11-14)19(26-17)16-9-4-5-10-22-16/h4-11,13H,3,12H2,1-2H3,(H,25,26)(H2,23,24,27)/t13-/m0/s1. The number of aromatic amines is 1. The normalized spacial score (nSPS) is 11.8. The maximum Gasteiger partial charge on any atom is 0.315 e. The lowest BCUT2D eigenvalue weighted by atomic mass is 10.1. The minimum Gasteiger partial charge on any atom is -0.339 e. The summed E-state index contributed by atoms with van der Waals surface area (Å²) in [5, 5.41) is 5.62. The summed E-state index contributed by atoms with van der Waals surface area (Å²) in [6, 6.07) is 11.6. The van der Waals surface area contributed by atoms with E-state index in [1.807, 2.05) is 32.0 Å². The van der Waals surface area contributed by atoms with Crippen LogP contribution in [0, 0.1) is 5.82 Å². The minimum absolute atomic E-state index is 0.0912. The molecular weight excluding hydrogens is 345 g/mol. The third-order valence-corrected chi connectivity index (χ3v) is 4.18. The molecule has 2 heterocycles. The third kappa shape index (κ3) is 4.69. The molecule has 1 atom stereocenters. The quantitative estimate of drug-likeness (QED) is 0.618. The SMILES string of the molecule is CC[C@H](C)NC(=O)NCc1nc(-c2cccc(F)c2)c(-c2ccccn2)[nH]1. The molecule has 3 aromatic rings. The summed E-state index contributed by atoms with van der Waals surface area (Å²) >= 11 is 0. The Bertz CT molecular complexity index is 910. The number of hydrogen-bond donors (Lipinski definition) is 3. The summed E-state index contributed by atoms with van der Waals surface area (Å²) in [5.74, 6) is 0.226. The first-order chi connectivity index (χ1) is 13.1. The van der Waals surface area contributed by atoms with E-state index in [1.165, 1.54) is 12.1 Å². The van der Waals surface area contributed by atoms with E-state index in [4.69, 9.17) is 0 Å². The highest BCUT2D eigenvalue weighted by Gasteiger charge is 2.16. The topological polar surface area (TPSA) is 82.7 Å². The van der Waals surface area contributed by atoms with Gasteiger partial charge in [-0.2, -0.15) is 0 Å². The first-order valence-corrected chi connectivity index (χ1v) is 8.87. The average molecular weight is 367 g/mol. The lowest BCUT2D eigenvalue weighted by Crippen LogP contribution is -2.40. The van der Waals surface area contributed by atoms with Crippen molar-refractivity contribution in [1.82, 2.24) is 25.6 Å². The Kier molecular flexibility index (Phi) is 5.80. The number of pyridine rings is 1. The molecule has 0 spiro atoms. The van der Waals surface area contributed by atoms with Gasteiger partial charge in [0.25, 0.3) is 0 Å². The molecule has 3 rings (SSSR count). The molecule has 0 saturated carbocycles. The van der Waals surface area contributed by atoms with Crippen LogP contribution in [0.1, 0.15) is 26.1 Å². The summed E-state index contributed by atoms with van der Waals surface area (Å²) in [6.45, 7) is 4.16. The van der Waals surface area contributed by atoms with Gasteiger partial charge in [-0.05, 0) is 37.6 Å². The minimum atomic E-state index is -0.338. The molecule has 0 aliphatic carbocycles. The molecule has 0 saturated heterocycles. The van der Waals surface area contributed by atoms with Crippen LogP contribution in [0.2, 0.25) is 0 Å². The predicted molar refractivity (Wildman–Crippen MR) is 102 cm³/mol. The summed E-state index contributed by atoms with van der Waals surface area (Å²) in [6.07, 6.45) is 2.53. The second kappa shape index (κ2) is 8.44. The highest BCUT2D eigenvalue weighted by Crippen LogP contribution is 2.29. The fourth-order valence-corrected chi connectivity index (χ4v) is 2.59. The van der Waals surface area contributed by atoms with Crippen molar-refractivity contribution in [2.24, 2.45) is 0 Å². The van der Waals surface area contributed by atoms with Crippen LogP contribution in [-0.2, 0) is 6.54 Å². The van der Waals surface area contributed by atoms with E-state index in [-0.39, 0.29) is 24.4 Å². The van der Waals surface area contributed by atoms with Gasteiger partial charge in [0.2, 0.25) is 0 Å². The molecule has 0 bridgehead atoms. The molecule has 0 aliphatic rings. The number of aromatic nitrogens is 3. The number of hydrogen-bond acceptors (Lipinski definition) is 3. The van der Waals surface area contributed by atoms with Crippen molar-refractivity contribution in [2.45, 2.75) is 32.9 Å². The number of imidazole rings is 1. The molecule has 7 heteroatoms. The van der Waals surface area contributed by atoms with Crippen LogP contribution in [0.3, 0.4) is 0 Å². The van der Waals surface area contributed by atoms with Gasteiger partial charge >= 0.3 is 6.03 Å². The van der Waals surface area contributed by atoms with Crippen LogP contribution in [0.4, 0.5) is 9.18 Å². The molecule has 27 heavy (non-hydrogen) atoms. The fraction of sp³-hybridized carbons (Fsp3) is 0.250. The Labute approximate surface area is 157 Å². The van der Waals surface area contributed by atoms with Gasteiger partial charge in [0.1, 0.15) is 11.6 Å². The molecule has 140 valence electrons. The van der Waals surface area contributed by atoms with Crippen molar-refractivity contribution in [3.63, 3.8) is 0 Å². The van der Waals surface area contributed by atoms with Crippen molar-refractivity contribution in [3.8, 4) is 22.6 Å². The summed E-state index contributed by atoms with van der Waals surface area (Å²) in [4.78, 5) is 24.1. The fourth-order valence-electron chi connectivity index (χ4n) is 2.59. The largest absolute Gasteiger partial charge is 0.339 e. The van der Waals surface area contributed by atoms with E-state index in [0.717, 1.165) is 6.42 Å². The van der Waals surface area contributed by atoms with Gasteiger partial charge in [-0.15, -0.1) is 0 Å². The zero-order valence-corrected chi connectivity index (χ0v) is 15.3. The molecule has 0 radical (unpaired) electrons. The molecule has 0 unspecified atom stereocenters. The monoisotopic (exact) mass is 367 g/mol. The van der Waals surface area contributed by atoms with Crippen LogP contribution in [0.25, 0.3) is 22.6 Å². The highest BCUT2D eigenvalue weighted by molar-refractivity contribution is 5.77. The summed E-state index contributed by atoms with van der Waals surface area (Å²) in [5.41, 5.74) is 2.61. The van der Waals surface area contributed by atoms with Gasteiger partial charge in [0.05, 0.1) is 23.6 Å². The molecular formula is C20H22FN5O. The number of nitrogens with one attached hydrogen (secondary N) is 3. The second-order valence-corrected chi connectivity index (χ2v) is 6.27. The van der Waals surface area contributed by atoms with Crippen molar-refractivity contribution in [1.29, 1.82) is 0 Å². The number of H-pyrrole nitrogens is 1.